The lowest BCUT2D eigenvalue weighted by Crippen LogP contribution is -2.22. The van der Waals surface area contributed by atoms with Crippen molar-refractivity contribution in [2.45, 2.75) is 20.3 Å². The van der Waals surface area contributed by atoms with E-state index in [1.165, 1.54) is 18.7 Å². The number of carbonyl (C=O) groups is 2. The van der Waals surface area contributed by atoms with Crippen LogP contribution in [0, 0.1) is 13.8 Å². The number of ether oxygens (including phenoxy) is 3. The lowest BCUT2D eigenvalue weighted by molar-refractivity contribution is -0.115. The van der Waals surface area contributed by atoms with Gasteiger partial charge in [-0.05, 0) is 49.2 Å². The standard InChI is InChI=1S/C22H23ClN2O5/c1-13-5-6-18(14(2)9-13)29-7-4-8-30-20-16(23)10-15(12-19(20)28-3)11-17-21(26)25-22(27)24-17/h5-6,9-12H,4,7-8H2,1-3H3,(H2,24,25,26,27)/b17-11-. The van der Waals surface area contributed by atoms with Gasteiger partial charge in [0.1, 0.15) is 11.4 Å². The highest BCUT2D eigenvalue weighted by molar-refractivity contribution is 6.32. The molecular weight excluding hydrogens is 408 g/mol. The van der Waals surface area contributed by atoms with E-state index in [0.717, 1.165) is 11.3 Å². The Kier molecular flexibility index (Phi) is 6.84. The van der Waals surface area contributed by atoms with E-state index in [1.807, 2.05) is 26.0 Å². The molecule has 1 fully saturated rings. The maximum atomic E-state index is 11.7. The first kappa shape index (κ1) is 21.5. The van der Waals surface area contributed by atoms with Crippen molar-refractivity contribution in [2.24, 2.45) is 0 Å². The molecule has 7 nitrogen and oxygen atoms in total. The Balaban J connectivity index is 1.60. The van der Waals surface area contributed by atoms with Crippen LogP contribution in [0.25, 0.3) is 6.08 Å². The zero-order valence-electron chi connectivity index (χ0n) is 17.0. The molecule has 2 N–H and O–H groups in total. The molecule has 3 amide bonds. The molecule has 0 aromatic heterocycles. The van der Waals surface area contributed by atoms with E-state index in [2.05, 4.69) is 16.7 Å². The van der Waals surface area contributed by atoms with Gasteiger partial charge in [-0.15, -0.1) is 0 Å². The number of amides is 3. The molecular formula is C22H23ClN2O5. The highest BCUT2D eigenvalue weighted by atomic mass is 35.5. The monoisotopic (exact) mass is 430 g/mol. The quantitative estimate of drug-likeness (QED) is 0.375. The van der Waals surface area contributed by atoms with Gasteiger partial charge in [0, 0.05) is 6.42 Å². The van der Waals surface area contributed by atoms with E-state index in [9.17, 15) is 9.59 Å². The number of benzene rings is 2. The van der Waals surface area contributed by atoms with Crippen molar-refractivity contribution in [3.8, 4) is 17.2 Å². The summed E-state index contributed by atoms with van der Waals surface area (Å²) < 4.78 is 17.0. The molecule has 1 saturated heterocycles. The number of halogens is 1. The third kappa shape index (κ3) is 5.24. The SMILES string of the molecule is COc1cc(/C=C2\NC(=O)NC2=O)cc(Cl)c1OCCCOc1ccc(C)cc1C. The van der Waals surface area contributed by atoms with Gasteiger partial charge in [-0.3, -0.25) is 10.1 Å². The van der Waals surface area contributed by atoms with Crippen LogP contribution in [0.4, 0.5) is 4.79 Å². The molecule has 1 aliphatic rings. The van der Waals surface area contributed by atoms with Gasteiger partial charge in [0.15, 0.2) is 11.5 Å². The molecule has 0 spiro atoms. The first-order valence-electron chi connectivity index (χ1n) is 9.42. The van der Waals surface area contributed by atoms with Crippen molar-refractivity contribution in [1.82, 2.24) is 10.6 Å². The molecule has 158 valence electrons. The van der Waals surface area contributed by atoms with Crippen LogP contribution in [-0.4, -0.2) is 32.3 Å². The summed E-state index contributed by atoms with van der Waals surface area (Å²) in [6, 6.07) is 8.81. The van der Waals surface area contributed by atoms with Crippen molar-refractivity contribution in [1.29, 1.82) is 0 Å². The van der Waals surface area contributed by atoms with Crippen molar-refractivity contribution in [3.05, 3.63) is 57.7 Å². The zero-order chi connectivity index (χ0) is 21.7. The second kappa shape index (κ2) is 9.54. The number of hydrogen-bond donors (Lipinski definition) is 2. The van der Waals surface area contributed by atoms with Crippen LogP contribution in [0.15, 0.2) is 36.0 Å². The lowest BCUT2D eigenvalue weighted by Gasteiger charge is -2.14. The fourth-order valence-corrected chi connectivity index (χ4v) is 3.26. The molecule has 0 saturated carbocycles. The van der Waals surface area contributed by atoms with Crippen LogP contribution < -0.4 is 24.8 Å². The average molecular weight is 431 g/mol. The minimum atomic E-state index is -0.563. The average Bonchev–Trinajstić information content (AvgIpc) is 3.00. The predicted molar refractivity (Wildman–Crippen MR) is 114 cm³/mol. The summed E-state index contributed by atoms with van der Waals surface area (Å²) in [6.45, 7) is 4.95. The number of imide groups is 1. The van der Waals surface area contributed by atoms with Gasteiger partial charge in [-0.25, -0.2) is 4.79 Å². The van der Waals surface area contributed by atoms with Gasteiger partial charge in [-0.2, -0.15) is 0 Å². The van der Waals surface area contributed by atoms with Crippen LogP contribution in [0.5, 0.6) is 17.2 Å². The molecule has 0 atom stereocenters. The Morgan fingerprint density at radius 1 is 1.00 bits per heavy atom. The number of nitrogens with one attached hydrogen (secondary N) is 2. The van der Waals surface area contributed by atoms with Gasteiger partial charge in [0.25, 0.3) is 5.91 Å². The second-order valence-corrected chi connectivity index (χ2v) is 7.23. The molecule has 1 aliphatic heterocycles. The normalized spacial score (nSPS) is 14.5. The summed E-state index contributed by atoms with van der Waals surface area (Å²) in [5, 5.41) is 4.90. The summed E-state index contributed by atoms with van der Waals surface area (Å²) >= 11 is 6.35. The van der Waals surface area contributed by atoms with E-state index in [4.69, 9.17) is 25.8 Å². The van der Waals surface area contributed by atoms with Crippen molar-refractivity contribution in [2.75, 3.05) is 20.3 Å². The summed E-state index contributed by atoms with van der Waals surface area (Å²) in [5.74, 6) is 1.19. The van der Waals surface area contributed by atoms with E-state index >= 15 is 0 Å². The molecule has 0 aliphatic carbocycles. The number of hydrogen-bond acceptors (Lipinski definition) is 5. The predicted octanol–water partition coefficient (Wildman–Crippen LogP) is 3.99. The molecule has 0 bridgehead atoms. The molecule has 8 heteroatoms. The summed E-state index contributed by atoms with van der Waals surface area (Å²) in [4.78, 5) is 22.9. The zero-order valence-corrected chi connectivity index (χ0v) is 17.8. The number of urea groups is 1. The van der Waals surface area contributed by atoms with Crippen molar-refractivity contribution in [3.63, 3.8) is 0 Å². The fraction of sp³-hybridized carbons (Fsp3) is 0.273. The minimum Gasteiger partial charge on any atom is -0.493 e. The van der Waals surface area contributed by atoms with Crippen LogP contribution in [0.1, 0.15) is 23.1 Å². The second-order valence-electron chi connectivity index (χ2n) is 6.82. The molecule has 0 radical (unpaired) electrons. The first-order valence-corrected chi connectivity index (χ1v) is 9.79. The molecule has 30 heavy (non-hydrogen) atoms. The van der Waals surface area contributed by atoms with Crippen LogP contribution in [0.2, 0.25) is 5.02 Å². The number of rotatable bonds is 8. The third-order valence-electron chi connectivity index (χ3n) is 4.41. The summed E-state index contributed by atoms with van der Waals surface area (Å²) in [7, 11) is 1.50. The minimum absolute atomic E-state index is 0.135. The van der Waals surface area contributed by atoms with E-state index in [1.54, 1.807) is 12.1 Å². The van der Waals surface area contributed by atoms with Crippen LogP contribution in [-0.2, 0) is 4.79 Å². The summed E-state index contributed by atoms with van der Waals surface area (Å²) in [6.07, 6.45) is 2.17. The van der Waals surface area contributed by atoms with E-state index < -0.39 is 11.9 Å². The maximum Gasteiger partial charge on any atom is 0.326 e. The third-order valence-corrected chi connectivity index (χ3v) is 4.69. The van der Waals surface area contributed by atoms with Gasteiger partial charge in [-0.1, -0.05) is 29.3 Å². The number of methoxy groups -OCH3 is 1. The van der Waals surface area contributed by atoms with Crippen LogP contribution in [0.3, 0.4) is 0 Å². The first-order chi connectivity index (χ1) is 14.4. The van der Waals surface area contributed by atoms with Crippen LogP contribution >= 0.6 is 11.6 Å². The largest absolute Gasteiger partial charge is 0.493 e. The Bertz CT molecular complexity index is 1000. The Hall–Kier alpha value is -3.19. The molecule has 0 unspecified atom stereocenters. The van der Waals surface area contributed by atoms with Gasteiger partial charge < -0.3 is 19.5 Å². The van der Waals surface area contributed by atoms with E-state index in [0.29, 0.717) is 41.7 Å². The van der Waals surface area contributed by atoms with Crippen molar-refractivity contribution >= 4 is 29.6 Å². The fourth-order valence-electron chi connectivity index (χ4n) is 2.99. The highest BCUT2D eigenvalue weighted by Gasteiger charge is 2.23. The molecule has 2 aromatic carbocycles. The topological polar surface area (TPSA) is 85.9 Å². The van der Waals surface area contributed by atoms with Gasteiger partial charge in [0.05, 0.1) is 25.3 Å². The Morgan fingerprint density at radius 3 is 2.43 bits per heavy atom. The van der Waals surface area contributed by atoms with Crippen molar-refractivity contribution < 1.29 is 23.8 Å². The lowest BCUT2D eigenvalue weighted by atomic mass is 10.1. The number of carbonyl (C=O) groups excluding carboxylic acids is 2. The molecule has 1 heterocycles. The molecule has 3 rings (SSSR count). The Labute approximate surface area is 180 Å². The maximum absolute atomic E-state index is 11.7. The Morgan fingerprint density at radius 2 is 1.77 bits per heavy atom. The van der Waals surface area contributed by atoms with E-state index in [-0.39, 0.29) is 5.70 Å². The smallest absolute Gasteiger partial charge is 0.326 e. The van der Waals surface area contributed by atoms with Gasteiger partial charge in [0.2, 0.25) is 0 Å². The summed E-state index contributed by atoms with van der Waals surface area (Å²) in [5.41, 5.74) is 3.02. The van der Waals surface area contributed by atoms with Gasteiger partial charge >= 0.3 is 6.03 Å². The number of aryl methyl sites for hydroxylation is 2. The molecule has 2 aromatic rings. The highest BCUT2D eigenvalue weighted by Crippen LogP contribution is 2.37.